The standard InChI is InChI=1S/C14H22/c1-12(2)6-4-5-7-14-10-8-13(3)9-11-14/h5-8,14H,4,9-11H2,1-3H3/b7-5-. The molecule has 0 aliphatic heterocycles. The highest BCUT2D eigenvalue weighted by Crippen LogP contribution is 2.24. The second-order valence-electron chi connectivity index (χ2n) is 4.53. The third-order valence-electron chi connectivity index (χ3n) is 2.75. The SMILES string of the molecule is CC(C)=CC/C=C\C1CC=C(C)CC1. The number of hydrogen-bond acceptors (Lipinski definition) is 0. The zero-order valence-corrected chi connectivity index (χ0v) is 9.72. The van der Waals surface area contributed by atoms with E-state index in [0.29, 0.717) is 0 Å². The third kappa shape index (κ3) is 4.45. The number of allylic oxidation sites excluding steroid dienone is 6. The normalized spacial score (nSPS) is 22.2. The van der Waals surface area contributed by atoms with E-state index in [1.807, 2.05) is 0 Å². The summed E-state index contributed by atoms with van der Waals surface area (Å²) in [5.74, 6) is 0.796. The lowest BCUT2D eigenvalue weighted by atomic mass is 9.90. The molecule has 0 amide bonds. The second-order valence-corrected chi connectivity index (χ2v) is 4.53. The van der Waals surface area contributed by atoms with Gasteiger partial charge in [0.2, 0.25) is 0 Å². The van der Waals surface area contributed by atoms with E-state index >= 15 is 0 Å². The summed E-state index contributed by atoms with van der Waals surface area (Å²) in [7, 11) is 0. The lowest BCUT2D eigenvalue weighted by Crippen LogP contribution is -2.00. The number of rotatable bonds is 3. The average Bonchev–Trinajstić information content (AvgIpc) is 2.15. The minimum Gasteiger partial charge on any atom is -0.0850 e. The van der Waals surface area contributed by atoms with E-state index in [1.165, 1.54) is 24.8 Å². The molecule has 0 fully saturated rings. The van der Waals surface area contributed by atoms with Crippen LogP contribution in [0.3, 0.4) is 0 Å². The molecular weight excluding hydrogens is 168 g/mol. The summed E-state index contributed by atoms with van der Waals surface area (Å²) < 4.78 is 0. The molecule has 0 spiro atoms. The Balaban J connectivity index is 2.28. The average molecular weight is 190 g/mol. The minimum atomic E-state index is 0.796. The summed E-state index contributed by atoms with van der Waals surface area (Å²) in [5, 5.41) is 0. The van der Waals surface area contributed by atoms with Crippen LogP contribution in [0, 0.1) is 5.92 Å². The molecular formula is C14H22. The Kier molecular flexibility index (Phi) is 4.72. The Morgan fingerprint density at radius 2 is 2.29 bits per heavy atom. The van der Waals surface area contributed by atoms with Crippen molar-refractivity contribution in [2.24, 2.45) is 5.92 Å². The molecule has 0 radical (unpaired) electrons. The zero-order chi connectivity index (χ0) is 10.4. The fourth-order valence-corrected chi connectivity index (χ4v) is 1.74. The van der Waals surface area contributed by atoms with Crippen LogP contribution < -0.4 is 0 Å². The summed E-state index contributed by atoms with van der Waals surface area (Å²) in [6.45, 7) is 6.55. The van der Waals surface area contributed by atoms with Gasteiger partial charge in [-0.05, 0) is 52.4 Å². The molecule has 0 heteroatoms. The molecule has 78 valence electrons. The van der Waals surface area contributed by atoms with Crippen molar-refractivity contribution in [2.75, 3.05) is 0 Å². The van der Waals surface area contributed by atoms with E-state index in [1.54, 1.807) is 5.57 Å². The molecule has 0 bridgehead atoms. The first kappa shape index (κ1) is 11.3. The lowest BCUT2D eigenvalue weighted by molar-refractivity contribution is 0.566. The monoisotopic (exact) mass is 190 g/mol. The molecule has 0 saturated carbocycles. The maximum Gasteiger partial charge on any atom is -0.0167 e. The molecule has 0 heterocycles. The van der Waals surface area contributed by atoms with Gasteiger partial charge in [-0.25, -0.2) is 0 Å². The van der Waals surface area contributed by atoms with E-state index < -0.39 is 0 Å². The van der Waals surface area contributed by atoms with Crippen LogP contribution in [0.15, 0.2) is 35.5 Å². The fraction of sp³-hybridized carbons (Fsp3) is 0.571. The van der Waals surface area contributed by atoms with Crippen LogP contribution in [0.5, 0.6) is 0 Å². The van der Waals surface area contributed by atoms with E-state index in [-0.39, 0.29) is 0 Å². The molecule has 1 aliphatic rings. The van der Waals surface area contributed by atoms with Gasteiger partial charge >= 0.3 is 0 Å². The largest absolute Gasteiger partial charge is 0.0850 e. The highest BCUT2D eigenvalue weighted by Gasteiger charge is 2.08. The van der Waals surface area contributed by atoms with Gasteiger partial charge in [0.05, 0.1) is 0 Å². The smallest absolute Gasteiger partial charge is 0.0167 e. The second kappa shape index (κ2) is 5.85. The van der Waals surface area contributed by atoms with Crippen molar-refractivity contribution in [3.05, 3.63) is 35.5 Å². The summed E-state index contributed by atoms with van der Waals surface area (Å²) in [6.07, 6.45) is 14.3. The predicted molar refractivity (Wildman–Crippen MR) is 64.3 cm³/mol. The van der Waals surface area contributed by atoms with Crippen molar-refractivity contribution in [1.29, 1.82) is 0 Å². The van der Waals surface area contributed by atoms with Gasteiger partial charge in [0, 0.05) is 0 Å². The van der Waals surface area contributed by atoms with Gasteiger partial charge in [-0.2, -0.15) is 0 Å². The van der Waals surface area contributed by atoms with Crippen molar-refractivity contribution in [2.45, 2.75) is 46.5 Å². The zero-order valence-electron chi connectivity index (χ0n) is 9.72. The molecule has 0 aromatic rings. The van der Waals surface area contributed by atoms with E-state index in [0.717, 1.165) is 12.3 Å². The maximum absolute atomic E-state index is 2.39. The van der Waals surface area contributed by atoms with Crippen LogP contribution in [0.2, 0.25) is 0 Å². The highest BCUT2D eigenvalue weighted by atomic mass is 14.1. The van der Waals surface area contributed by atoms with Crippen LogP contribution in [-0.2, 0) is 0 Å². The van der Waals surface area contributed by atoms with Crippen molar-refractivity contribution in [3.63, 3.8) is 0 Å². The molecule has 0 nitrogen and oxygen atoms in total. The minimum absolute atomic E-state index is 0.796. The molecule has 1 aliphatic carbocycles. The van der Waals surface area contributed by atoms with Crippen LogP contribution in [-0.4, -0.2) is 0 Å². The molecule has 0 saturated heterocycles. The van der Waals surface area contributed by atoms with Gasteiger partial charge in [-0.15, -0.1) is 0 Å². The summed E-state index contributed by atoms with van der Waals surface area (Å²) in [4.78, 5) is 0. The molecule has 14 heavy (non-hydrogen) atoms. The fourth-order valence-electron chi connectivity index (χ4n) is 1.74. The van der Waals surface area contributed by atoms with Crippen LogP contribution in [0.25, 0.3) is 0 Å². The Bertz CT molecular complexity index is 249. The summed E-state index contributed by atoms with van der Waals surface area (Å²) in [5.41, 5.74) is 2.98. The van der Waals surface area contributed by atoms with Gasteiger partial charge in [-0.3, -0.25) is 0 Å². The lowest BCUT2D eigenvalue weighted by Gasteiger charge is -2.16. The van der Waals surface area contributed by atoms with E-state index in [4.69, 9.17) is 0 Å². The first-order valence-electron chi connectivity index (χ1n) is 5.64. The van der Waals surface area contributed by atoms with Crippen LogP contribution >= 0.6 is 0 Å². The van der Waals surface area contributed by atoms with Crippen LogP contribution in [0.1, 0.15) is 46.5 Å². The van der Waals surface area contributed by atoms with Crippen LogP contribution in [0.4, 0.5) is 0 Å². The number of hydrogen-bond donors (Lipinski definition) is 0. The Morgan fingerprint density at radius 3 is 2.86 bits per heavy atom. The quantitative estimate of drug-likeness (QED) is 0.568. The van der Waals surface area contributed by atoms with Gasteiger partial charge < -0.3 is 0 Å². The summed E-state index contributed by atoms with van der Waals surface area (Å²) >= 11 is 0. The van der Waals surface area contributed by atoms with Gasteiger partial charge in [0.15, 0.2) is 0 Å². The Labute approximate surface area is 88.4 Å². The topological polar surface area (TPSA) is 0 Å². The Hall–Kier alpha value is -0.780. The van der Waals surface area contributed by atoms with Gasteiger partial charge in [0.25, 0.3) is 0 Å². The third-order valence-corrected chi connectivity index (χ3v) is 2.75. The molecule has 0 N–H and O–H groups in total. The highest BCUT2D eigenvalue weighted by molar-refractivity contribution is 5.08. The van der Waals surface area contributed by atoms with Gasteiger partial charge in [-0.1, -0.05) is 35.5 Å². The summed E-state index contributed by atoms with van der Waals surface area (Å²) in [6, 6.07) is 0. The molecule has 0 aromatic carbocycles. The molecule has 0 aromatic heterocycles. The molecule has 1 atom stereocenters. The molecule has 1 unspecified atom stereocenters. The van der Waals surface area contributed by atoms with Crippen molar-refractivity contribution in [3.8, 4) is 0 Å². The van der Waals surface area contributed by atoms with Crippen molar-refractivity contribution < 1.29 is 0 Å². The van der Waals surface area contributed by atoms with E-state index in [9.17, 15) is 0 Å². The first-order chi connectivity index (χ1) is 6.68. The van der Waals surface area contributed by atoms with E-state index in [2.05, 4.69) is 45.1 Å². The van der Waals surface area contributed by atoms with Crippen molar-refractivity contribution in [1.82, 2.24) is 0 Å². The van der Waals surface area contributed by atoms with Crippen molar-refractivity contribution >= 4 is 0 Å². The Morgan fingerprint density at radius 1 is 1.50 bits per heavy atom. The first-order valence-corrected chi connectivity index (χ1v) is 5.64. The predicted octanol–water partition coefficient (Wildman–Crippen LogP) is 4.65. The molecule has 1 rings (SSSR count). The maximum atomic E-state index is 2.39. The van der Waals surface area contributed by atoms with Gasteiger partial charge in [0.1, 0.15) is 0 Å².